The van der Waals surface area contributed by atoms with Crippen molar-refractivity contribution in [2.45, 2.75) is 20.3 Å². The number of hydrogen-bond donors (Lipinski definition) is 1. The second-order valence-electron chi connectivity index (χ2n) is 7.09. The van der Waals surface area contributed by atoms with Gasteiger partial charge in [-0.2, -0.15) is 5.10 Å². The second-order valence-corrected chi connectivity index (χ2v) is 7.09. The van der Waals surface area contributed by atoms with Crippen molar-refractivity contribution in [1.82, 2.24) is 30.0 Å². The first-order valence-corrected chi connectivity index (χ1v) is 9.85. The lowest BCUT2D eigenvalue weighted by molar-refractivity contribution is 0.0953. The summed E-state index contributed by atoms with van der Waals surface area (Å²) in [6.07, 6.45) is 5.57. The number of hydrogen-bond acceptors (Lipinski definition) is 5. The summed E-state index contributed by atoms with van der Waals surface area (Å²) in [7, 11) is 0. The molecule has 1 amide bonds. The molecule has 0 radical (unpaired) electrons. The highest BCUT2D eigenvalue weighted by atomic mass is 19.1. The van der Waals surface area contributed by atoms with Gasteiger partial charge in [0, 0.05) is 36.6 Å². The van der Waals surface area contributed by atoms with Crippen LogP contribution in [0.25, 0.3) is 17.2 Å². The van der Waals surface area contributed by atoms with Crippen LogP contribution in [0.2, 0.25) is 0 Å². The van der Waals surface area contributed by atoms with Crippen LogP contribution in [0.1, 0.15) is 27.3 Å². The van der Waals surface area contributed by atoms with Gasteiger partial charge >= 0.3 is 0 Å². The average Bonchev–Trinajstić information content (AvgIpc) is 3.17. The summed E-state index contributed by atoms with van der Waals surface area (Å²) in [6.45, 7) is 4.15. The van der Waals surface area contributed by atoms with E-state index in [9.17, 15) is 9.18 Å². The van der Waals surface area contributed by atoms with E-state index >= 15 is 0 Å². The van der Waals surface area contributed by atoms with Crippen LogP contribution in [0.4, 0.5) is 4.39 Å². The smallest absolute Gasteiger partial charge is 0.254 e. The number of halogens is 1. The summed E-state index contributed by atoms with van der Waals surface area (Å²) in [5.41, 5.74) is 4.31. The fraction of sp³-hybridized carbons (Fsp3) is 0.174. The summed E-state index contributed by atoms with van der Waals surface area (Å²) in [6, 6.07) is 11.8. The van der Waals surface area contributed by atoms with E-state index in [2.05, 4.69) is 25.4 Å². The molecule has 0 saturated carbocycles. The van der Waals surface area contributed by atoms with E-state index in [-0.39, 0.29) is 11.7 Å². The molecule has 3 heterocycles. The predicted octanol–water partition coefficient (Wildman–Crippen LogP) is 3.45. The van der Waals surface area contributed by atoms with Gasteiger partial charge in [-0.05, 0) is 55.8 Å². The molecule has 8 heteroatoms. The topological polar surface area (TPSA) is 85.6 Å². The lowest BCUT2D eigenvalue weighted by Crippen LogP contribution is -2.26. The molecule has 1 aromatic carbocycles. The number of nitrogens with zero attached hydrogens (tertiary/aromatic N) is 5. The molecule has 4 rings (SSSR count). The van der Waals surface area contributed by atoms with Crippen LogP contribution < -0.4 is 5.32 Å². The fourth-order valence-corrected chi connectivity index (χ4v) is 3.21. The Bertz CT molecular complexity index is 1200. The van der Waals surface area contributed by atoms with Crippen LogP contribution in [0, 0.1) is 19.7 Å². The molecular weight excluding hydrogens is 395 g/mol. The Balaban J connectivity index is 1.53. The summed E-state index contributed by atoms with van der Waals surface area (Å²) in [5.74, 6) is -0.183. The van der Waals surface area contributed by atoms with Crippen molar-refractivity contribution in [1.29, 1.82) is 0 Å². The highest BCUT2D eigenvalue weighted by molar-refractivity contribution is 5.95. The Kier molecular flexibility index (Phi) is 5.79. The molecule has 0 unspecified atom stereocenters. The Hall–Kier alpha value is -3.94. The van der Waals surface area contributed by atoms with E-state index in [1.54, 1.807) is 31.5 Å². The van der Waals surface area contributed by atoms with E-state index in [0.29, 0.717) is 35.9 Å². The number of pyridine rings is 1. The SMILES string of the molecule is Cc1cnc(-n2ncc(C(=O)NCCc3ccccn3)c2C)nc1-c1ccc(F)cc1. The van der Waals surface area contributed by atoms with Gasteiger partial charge in [0.2, 0.25) is 0 Å². The van der Waals surface area contributed by atoms with Gasteiger partial charge in [0.25, 0.3) is 11.9 Å². The number of aromatic nitrogens is 5. The molecule has 7 nitrogen and oxygen atoms in total. The maximum absolute atomic E-state index is 13.3. The normalized spacial score (nSPS) is 10.8. The predicted molar refractivity (Wildman–Crippen MR) is 114 cm³/mol. The van der Waals surface area contributed by atoms with E-state index in [0.717, 1.165) is 16.8 Å². The molecule has 0 spiro atoms. The van der Waals surface area contributed by atoms with Crippen LogP contribution in [0.15, 0.2) is 61.1 Å². The zero-order valence-electron chi connectivity index (χ0n) is 17.2. The monoisotopic (exact) mass is 416 g/mol. The Labute approximate surface area is 179 Å². The van der Waals surface area contributed by atoms with Crippen LogP contribution >= 0.6 is 0 Å². The Morgan fingerprint density at radius 3 is 2.61 bits per heavy atom. The highest BCUT2D eigenvalue weighted by Crippen LogP contribution is 2.22. The third-order valence-electron chi connectivity index (χ3n) is 4.91. The zero-order valence-corrected chi connectivity index (χ0v) is 17.2. The van der Waals surface area contributed by atoms with Crippen molar-refractivity contribution in [3.8, 4) is 17.2 Å². The highest BCUT2D eigenvalue weighted by Gasteiger charge is 2.17. The van der Waals surface area contributed by atoms with Crippen molar-refractivity contribution in [2.75, 3.05) is 6.54 Å². The summed E-state index contributed by atoms with van der Waals surface area (Å²) in [5, 5.41) is 7.21. The maximum atomic E-state index is 13.3. The number of rotatable bonds is 6. The first kappa shape index (κ1) is 20.3. The lowest BCUT2D eigenvalue weighted by atomic mass is 10.1. The number of aryl methyl sites for hydroxylation is 1. The molecule has 0 fully saturated rings. The van der Waals surface area contributed by atoms with Crippen molar-refractivity contribution >= 4 is 5.91 Å². The molecule has 3 aromatic heterocycles. The van der Waals surface area contributed by atoms with Gasteiger partial charge < -0.3 is 5.32 Å². The van der Waals surface area contributed by atoms with Gasteiger partial charge in [0.15, 0.2) is 0 Å². The number of benzene rings is 1. The fourth-order valence-electron chi connectivity index (χ4n) is 3.21. The molecular formula is C23H21FN6O. The number of carbonyl (C=O) groups is 1. The molecule has 31 heavy (non-hydrogen) atoms. The molecule has 0 bridgehead atoms. The number of amides is 1. The third kappa shape index (κ3) is 4.48. The van der Waals surface area contributed by atoms with Gasteiger partial charge in [-0.15, -0.1) is 0 Å². The molecule has 0 aliphatic carbocycles. The van der Waals surface area contributed by atoms with Crippen LogP contribution in [0.5, 0.6) is 0 Å². The Morgan fingerprint density at radius 2 is 1.87 bits per heavy atom. The molecule has 0 aliphatic rings. The van der Waals surface area contributed by atoms with E-state index in [1.165, 1.54) is 23.0 Å². The van der Waals surface area contributed by atoms with E-state index in [1.807, 2.05) is 25.1 Å². The van der Waals surface area contributed by atoms with Gasteiger partial charge in [-0.3, -0.25) is 9.78 Å². The van der Waals surface area contributed by atoms with Crippen molar-refractivity contribution in [2.24, 2.45) is 0 Å². The largest absolute Gasteiger partial charge is 0.352 e. The number of carbonyl (C=O) groups excluding carboxylic acids is 1. The second kappa shape index (κ2) is 8.83. The molecule has 0 aliphatic heterocycles. The van der Waals surface area contributed by atoms with Gasteiger partial charge in [0.1, 0.15) is 5.82 Å². The summed E-state index contributed by atoms with van der Waals surface area (Å²) < 4.78 is 14.8. The first-order valence-electron chi connectivity index (χ1n) is 9.85. The minimum Gasteiger partial charge on any atom is -0.352 e. The van der Waals surface area contributed by atoms with Gasteiger partial charge in [-0.25, -0.2) is 19.0 Å². The first-order chi connectivity index (χ1) is 15.0. The number of nitrogens with one attached hydrogen (secondary N) is 1. The van der Waals surface area contributed by atoms with Crippen LogP contribution in [-0.4, -0.2) is 37.2 Å². The zero-order chi connectivity index (χ0) is 21.8. The van der Waals surface area contributed by atoms with Crippen molar-refractivity contribution in [3.63, 3.8) is 0 Å². The molecule has 0 atom stereocenters. The van der Waals surface area contributed by atoms with Crippen molar-refractivity contribution in [3.05, 3.63) is 89.4 Å². The maximum Gasteiger partial charge on any atom is 0.254 e. The van der Waals surface area contributed by atoms with Gasteiger partial charge in [0.05, 0.1) is 23.1 Å². The molecule has 4 aromatic rings. The van der Waals surface area contributed by atoms with E-state index < -0.39 is 0 Å². The molecule has 0 saturated heterocycles. The minimum atomic E-state index is -0.308. The average molecular weight is 416 g/mol. The van der Waals surface area contributed by atoms with Crippen molar-refractivity contribution < 1.29 is 9.18 Å². The van der Waals surface area contributed by atoms with Crippen LogP contribution in [0.3, 0.4) is 0 Å². The Morgan fingerprint density at radius 1 is 1.06 bits per heavy atom. The van der Waals surface area contributed by atoms with E-state index in [4.69, 9.17) is 0 Å². The third-order valence-corrected chi connectivity index (χ3v) is 4.91. The van der Waals surface area contributed by atoms with Crippen LogP contribution in [-0.2, 0) is 6.42 Å². The standard InChI is InChI=1S/C23H21FN6O/c1-15-13-27-23(29-21(15)17-6-8-18(24)9-7-17)30-16(2)20(14-28-30)22(31)26-12-10-19-5-3-4-11-25-19/h3-9,11,13-14H,10,12H2,1-2H3,(H,26,31). The van der Waals surface area contributed by atoms with Gasteiger partial charge in [-0.1, -0.05) is 6.07 Å². The molecule has 1 N–H and O–H groups in total. The quantitative estimate of drug-likeness (QED) is 0.520. The lowest BCUT2D eigenvalue weighted by Gasteiger charge is -2.09. The summed E-state index contributed by atoms with van der Waals surface area (Å²) in [4.78, 5) is 25.8. The molecule has 156 valence electrons. The minimum absolute atomic E-state index is 0.217. The summed E-state index contributed by atoms with van der Waals surface area (Å²) >= 11 is 0.